The molecule has 24 heavy (non-hydrogen) atoms. The minimum absolute atomic E-state index is 0. The minimum atomic E-state index is 0. The van der Waals surface area contributed by atoms with Gasteiger partial charge in [-0.25, -0.2) is 0 Å². The second-order valence-electron chi connectivity index (χ2n) is 6.37. The van der Waals surface area contributed by atoms with E-state index in [1.165, 1.54) is 19.3 Å². The first kappa shape index (κ1) is 19.3. The number of benzene rings is 1. The summed E-state index contributed by atoms with van der Waals surface area (Å²) < 4.78 is 16.6. The molecule has 2 fully saturated rings. The highest BCUT2D eigenvalue weighted by molar-refractivity contribution is 5.85. The van der Waals surface area contributed by atoms with Crippen molar-refractivity contribution in [3.8, 4) is 11.5 Å². The number of nitrogens with one attached hydrogen (secondary N) is 2. The summed E-state index contributed by atoms with van der Waals surface area (Å²) >= 11 is 0. The predicted octanol–water partition coefficient (Wildman–Crippen LogP) is 2.37. The maximum atomic E-state index is 5.65. The van der Waals surface area contributed by atoms with Gasteiger partial charge in [0, 0.05) is 30.7 Å². The molecule has 1 aromatic rings. The number of hydrogen-bond acceptors (Lipinski definition) is 5. The highest BCUT2D eigenvalue weighted by atomic mass is 35.5. The summed E-state index contributed by atoms with van der Waals surface area (Å²) in [4.78, 5) is 0. The van der Waals surface area contributed by atoms with Crippen LogP contribution >= 0.6 is 12.4 Å². The van der Waals surface area contributed by atoms with Crippen LogP contribution < -0.4 is 20.1 Å². The Morgan fingerprint density at radius 1 is 1.25 bits per heavy atom. The van der Waals surface area contributed by atoms with Gasteiger partial charge < -0.3 is 24.8 Å². The molecular weight excluding hydrogens is 328 g/mol. The van der Waals surface area contributed by atoms with E-state index in [0.29, 0.717) is 18.0 Å². The lowest BCUT2D eigenvalue weighted by Gasteiger charge is -2.33. The van der Waals surface area contributed by atoms with Crippen LogP contribution in [0.2, 0.25) is 0 Å². The zero-order chi connectivity index (χ0) is 16.1. The van der Waals surface area contributed by atoms with E-state index in [0.717, 1.165) is 43.4 Å². The van der Waals surface area contributed by atoms with Gasteiger partial charge >= 0.3 is 0 Å². The molecule has 3 rings (SSSR count). The highest BCUT2D eigenvalue weighted by Gasteiger charge is 2.34. The second kappa shape index (κ2) is 9.47. The molecule has 0 spiro atoms. The first-order chi connectivity index (χ1) is 11.3. The first-order valence-electron chi connectivity index (χ1n) is 8.58. The van der Waals surface area contributed by atoms with Gasteiger partial charge in [-0.2, -0.15) is 0 Å². The Morgan fingerprint density at radius 3 is 2.83 bits per heavy atom. The van der Waals surface area contributed by atoms with Crippen molar-refractivity contribution in [1.82, 2.24) is 10.6 Å². The lowest BCUT2D eigenvalue weighted by atomic mass is 9.94. The van der Waals surface area contributed by atoms with E-state index >= 15 is 0 Å². The Kier molecular flexibility index (Phi) is 7.62. The summed E-state index contributed by atoms with van der Waals surface area (Å²) in [5, 5.41) is 7.36. The molecule has 0 aromatic heterocycles. The van der Waals surface area contributed by atoms with Crippen molar-refractivity contribution in [2.45, 2.75) is 37.9 Å². The van der Waals surface area contributed by atoms with Gasteiger partial charge in [-0.3, -0.25) is 0 Å². The molecule has 136 valence electrons. The average molecular weight is 357 g/mol. The summed E-state index contributed by atoms with van der Waals surface area (Å²) in [6.45, 7) is 3.44. The SMILES string of the molecule is COc1cccc(CNC2CCCC2C2COCCN2)c1OC.Cl. The molecule has 6 heteroatoms. The van der Waals surface area contributed by atoms with Crippen molar-refractivity contribution in [2.24, 2.45) is 5.92 Å². The fourth-order valence-electron chi connectivity index (χ4n) is 3.92. The molecule has 1 heterocycles. The second-order valence-corrected chi connectivity index (χ2v) is 6.37. The third-order valence-corrected chi connectivity index (χ3v) is 5.08. The maximum Gasteiger partial charge on any atom is 0.165 e. The van der Waals surface area contributed by atoms with Crippen molar-refractivity contribution in [3.63, 3.8) is 0 Å². The molecule has 0 radical (unpaired) electrons. The van der Waals surface area contributed by atoms with E-state index in [4.69, 9.17) is 14.2 Å². The zero-order valence-electron chi connectivity index (χ0n) is 14.5. The van der Waals surface area contributed by atoms with E-state index < -0.39 is 0 Å². The van der Waals surface area contributed by atoms with Gasteiger partial charge in [0.05, 0.1) is 27.4 Å². The van der Waals surface area contributed by atoms with E-state index in [1.807, 2.05) is 12.1 Å². The molecule has 3 unspecified atom stereocenters. The first-order valence-corrected chi connectivity index (χ1v) is 8.58. The molecule has 1 aliphatic carbocycles. The van der Waals surface area contributed by atoms with E-state index in [2.05, 4.69) is 16.7 Å². The number of rotatable bonds is 6. The summed E-state index contributed by atoms with van der Waals surface area (Å²) in [5.74, 6) is 2.26. The number of methoxy groups -OCH3 is 2. The Hall–Kier alpha value is -1.01. The minimum Gasteiger partial charge on any atom is -0.493 e. The monoisotopic (exact) mass is 356 g/mol. The lowest BCUT2D eigenvalue weighted by molar-refractivity contribution is 0.0524. The summed E-state index contributed by atoms with van der Waals surface area (Å²) in [6.07, 6.45) is 3.79. The number of halogens is 1. The summed E-state index contributed by atoms with van der Waals surface area (Å²) in [6, 6.07) is 7.06. The number of hydrogen-bond donors (Lipinski definition) is 2. The fraction of sp³-hybridized carbons (Fsp3) is 0.667. The zero-order valence-corrected chi connectivity index (χ0v) is 15.4. The van der Waals surface area contributed by atoms with Gasteiger partial charge in [-0.1, -0.05) is 18.6 Å². The maximum absolute atomic E-state index is 5.65. The number of morpholine rings is 1. The molecular formula is C18H29ClN2O3. The topological polar surface area (TPSA) is 51.8 Å². The molecule has 1 saturated carbocycles. The third-order valence-electron chi connectivity index (χ3n) is 5.08. The smallest absolute Gasteiger partial charge is 0.165 e. The largest absolute Gasteiger partial charge is 0.493 e. The summed E-state index contributed by atoms with van der Waals surface area (Å²) in [7, 11) is 3.37. The predicted molar refractivity (Wildman–Crippen MR) is 97.4 cm³/mol. The van der Waals surface area contributed by atoms with Crippen LogP contribution in [-0.2, 0) is 11.3 Å². The van der Waals surface area contributed by atoms with Crippen molar-refractivity contribution < 1.29 is 14.2 Å². The van der Waals surface area contributed by atoms with Crippen molar-refractivity contribution >= 4 is 12.4 Å². The molecule has 2 N–H and O–H groups in total. The van der Waals surface area contributed by atoms with Gasteiger partial charge in [-0.05, 0) is 24.8 Å². The Bertz CT molecular complexity index is 509. The molecule has 2 aliphatic rings. The van der Waals surface area contributed by atoms with Crippen LogP contribution in [0.15, 0.2) is 18.2 Å². The van der Waals surface area contributed by atoms with E-state index in [1.54, 1.807) is 14.2 Å². The lowest BCUT2D eigenvalue weighted by Crippen LogP contribution is -2.50. The molecule has 0 amide bonds. The van der Waals surface area contributed by atoms with Crippen LogP contribution in [0.3, 0.4) is 0 Å². The molecule has 5 nitrogen and oxygen atoms in total. The van der Waals surface area contributed by atoms with Gasteiger partial charge in [0.1, 0.15) is 0 Å². The van der Waals surface area contributed by atoms with Gasteiger partial charge in [0.2, 0.25) is 0 Å². The fourth-order valence-corrected chi connectivity index (χ4v) is 3.92. The van der Waals surface area contributed by atoms with Crippen LogP contribution in [-0.4, -0.2) is 46.1 Å². The van der Waals surface area contributed by atoms with Crippen LogP contribution in [0.25, 0.3) is 0 Å². The van der Waals surface area contributed by atoms with Crippen LogP contribution in [0.5, 0.6) is 11.5 Å². The Morgan fingerprint density at radius 2 is 2.12 bits per heavy atom. The van der Waals surface area contributed by atoms with Crippen molar-refractivity contribution in [2.75, 3.05) is 34.0 Å². The molecule has 1 aromatic carbocycles. The Balaban J connectivity index is 0.00000208. The van der Waals surface area contributed by atoms with Gasteiger partial charge in [-0.15, -0.1) is 12.4 Å². The summed E-state index contributed by atoms with van der Waals surface area (Å²) in [5.41, 5.74) is 1.14. The standard InChI is InChI=1S/C18H28N2O3.ClH/c1-21-17-8-3-5-13(18(17)22-2)11-20-15-7-4-6-14(15)16-12-23-10-9-19-16;/h3,5,8,14-16,19-20H,4,6-7,9-12H2,1-2H3;1H. The average Bonchev–Trinajstić information content (AvgIpc) is 3.08. The molecule has 3 atom stereocenters. The molecule has 1 saturated heterocycles. The van der Waals surface area contributed by atoms with Crippen LogP contribution in [0.4, 0.5) is 0 Å². The quantitative estimate of drug-likeness (QED) is 0.819. The normalized spacial score (nSPS) is 26.7. The van der Waals surface area contributed by atoms with E-state index in [9.17, 15) is 0 Å². The molecule has 0 bridgehead atoms. The Labute approximate surface area is 150 Å². The number of ether oxygens (including phenoxy) is 3. The van der Waals surface area contributed by atoms with Crippen molar-refractivity contribution in [3.05, 3.63) is 23.8 Å². The van der Waals surface area contributed by atoms with Crippen molar-refractivity contribution in [1.29, 1.82) is 0 Å². The van der Waals surface area contributed by atoms with Gasteiger partial charge in [0.15, 0.2) is 11.5 Å². The van der Waals surface area contributed by atoms with Gasteiger partial charge in [0.25, 0.3) is 0 Å². The highest BCUT2D eigenvalue weighted by Crippen LogP contribution is 2.33. The molecule has 1 aliphatic heterocycles. The van der Waals surface area contributed by atoms with Crippen LogP contribution in [0, 0.1) is 5.92 Å². The van der Waals surface area contributed by atoms with E-state index in [-0.39, 0.29) is 12.4 Å². The van der Waals surface area contributed by atoms with Crippen LogP contribution in [0.1, 0.15) is 24.8 Å². The third kappa shape index (κ3) is 4.33. The number of para-hydroxylation sites is 1.